The second kappa shape index (κ2) is 12.7. The lowest BCUT2D eigenvalue weighted by Gasteiger charge is -2.39. The van der Waals surface area contributed by atoms with Crippen LogP contribution in [-0.4, -0.2) is 27.2 Å². The van der Waals surface area contributed by atoms with E-state index in [1.54, 1.807) is 0 Å². The minimum absolute atomic E-state index is 0.727. The van der Waals surface area contributed by atoms with Crippen LogP contribution in [0.2, 0.25) is 0 Å². The van der Waals surface area contributed by atoms with Crippen molar-refractivity contribution in [1.82, 2.24) is 19.1 Å². The number of aromatic nitrogens is 4. The van der Waals surface area contributed by atoms with Gasteiger partial charge in [-0.1, -0.05) is 109 Å². The van der Waals surface area contributed by atoms with Crippen LogP contribution < -0.4 is 30.2 Å². The quantitative estimate of drug-likeness (QED) is 0.160. The van der Waals surface area contributed by atoms with Crippen LogP contribution in [0.5, 0.6) is 23.0 Å². The van der Waals surface area contributed by atoms with Gasteiger partial charge in [-0.25, -0.2) is 9.97 Å². The Hall–Kier alpha value is -7.22. The lowest BCUT2D eigenvalue weighted by Crippen LogP contribution is -2.76. The van der Waals surface area contributed by atoms with Crippen LogP contribution in [0.3, 0.4) is 0 Å². The van der Waals surface area contributed by atoms with Gasteiger partial charge < -0.3 is 14.0 Å². The van der Waals surface area contributed by atoms with Crippen LogP contribution in [0.4, 0.5) is 0 Å². The molecule has 0 bridgehead atoms. The molecule has 11 rings (SSSR count). The molecule has 0 aliphatic carbocycles. The van der Waals surface area contributed by atoms with Gasteiger partial charge in [0.1, 0.15) is 34.6 Å². The van der Waals surface area contributed by atoms with E-state index in [1.807, 2.05) is 48.7 Å². The molecular formula is C49H34N4O2Si. The molecule has 0 unspecified atom stereocenters. The van der Waals surface area contributed by atoms with Crippen molar-refractivity contribution in [3.63, 3.8) is 0 Å². The molecule has 3 aromatic heterocycles. The molecule has 6 nitrogen and oxygen atoms in total. The molecule has 0 amide bonds. The van der Waals surface area contributed by atoms with E-state index in [-0.39, 0.29) is 0 Å². The summed E-state index contributed by atoms with van der Waals surface area (Å²) in [4.78, 5) is 9.83. The first kappa shape index (κ1) is 32.2. The van der Waals surface area contributed by atoms with Gasteiger partial charge >= 0.3 is 0 Å². The fourth-order valence-electron chi connectivity index (χ4n) is 8.73. The second-order valence-electron chi connectivity index (χ2n) is 14.3. The minimum Gasteiger partial charge on any atom is -0.458 e. The Labute approximate surface area is 324 Å². The second-order valence-corrected chi connectivity index (χ2v) is 18.0. The van der Waals surface area contributed by atoms with Crippen molar-refractivity contribution in [2.75, 3.05) is 0 Å². The molecule has 56 heavy (non-hydrogen) atoms. The molecular weight excluding hydrogens is 705 g/mol. The average Bonchev–Trinajstić information content (AvgIpc) is 3.76. The molecule has 266 valence electrons. The average molecular weight is 739 g/mol. The van der Waals surface area contributed by atoms with E-state index in [1.165, 1.54) is 20.7 Å². The van der Waals surface area contributed by atoms with Crippen LogP contribution >= 0.6 is 0 Å². The van der Waals surface area contributed by atoms with Gasteiger partial charge in [0.05, 0.1) is 22.1 Å². The van der Waals surface area contributed by atoms with Crippen molar-refractivity contribution in [1.29, 1.82) is 0 Å². The van der Waals surface area contributed by atoms with E-state index in [0.29, 0.717) is 0 Å². The highest BCUT2D eigenvalue weighted by molar-refractivity contribution is 7.20. The first-order valence-corrected chi connectivity index (χ1v) is 20.8. The summed E-state index contributed by atoms with van der Waals surface area (Å²) >= 11 is 0. The lowest BCUT2D eigenvalue weighted by molar-refractivity contribution is 0.483. The number of para-hydroxylation sites is 3. The molecule has 4 heterocycles. The number of rotatable bonds is 6. The summed E-state index contributed by atoms with van der Waals surface area (Å²) in [5.41, 5.74) is 5.10. The number of nitrogens with zero attached hydrogens (tertiary/aromatic N) is 4. The maximum Gasteiger partial charge on any atom is 0.188 e. The Morgan fingerprint density at radius 2 is 1.25 bits per heavy atom. The van der Waals surface area contributed by atoms with Crippen LogP contribution in [0.1, 0.15) is 0 Å². The third-order valence-electron chi connectivity index (χ3n) is 11.2. The number of aryl methyl sites for hydroxylation is 1. The topological polar surface area (TPSA) is 54.1 Å². The number of hydrogen-bond donors (Lipinski definition) is 0. The van der Waals surface area contributed by atoms with E-state index in [2.05, 4.69) is 156 Å². The normalized spacial score (nSPS) is 13.0. The number of benzene rings is 7. The monoisotopic (exact) mass is 738 g/mol. The van der Waals surface area contributed by atoms with Crippen LogP contribution in [-0.2, 0) is 7.05 Å². The van der Waals surface area contributed by atoms with E-state index in [4.69, 9.17) is 19.4 Å². The summed E-state index contributed by atoms with van der Waals surface area (Å²) in [6, 6.07) is 63.9. The summed E-state index contributed by atoms with van der Waals surface area (Å²) < 4.78 is 17.9. The fourth-order valence-corrected chi connectivity index (χ4v) is 13.7. The predicted molar refractivity (Wildman–Crippen MR) is 228 cm³/mol. The molecule has 0 N–H and O–H groups in total. The largest absolute Gasteiger partial charge is 0.458 e. The van der Waals surface area contributed by atoms with Crippen molar-refractivity contribution in [3.8, 4) is 40.2 Å². The van der Waals surface area contributed by atoms with Crippen LogP contribution in [0.15, 0.2) is 188 Å². The number of fused-ring (bicyclic) bond motifs is 6. The summed E-state index contributed by atoms with van der Waals surface area (Å²) in [6.45, 7) is 0. The zero-order chi connectivity index (χ0) is 37.2. The van der Waals surface area contributed by atoms with Crippen LogP contribution in [0, 0.1) is 0 Å². The van der Waals surface area contributed by atoms with Gasteiger partial charge in [-0.15, -0.1) is 0 Å². The molecule has 0 spiro atoms. The van der Waals surface area contributed by atoms with Crippen molar-refractivity contribution >= 4 is 61.7 Å². The number of pyridine rings is 1. The van der Waals surface area contributed by atoms with Gasteiger partial charge in [-0.05, 0) is 87.5 Å². The van der Waals surface area contributed by atoms with E-state index in [9.17, 15) is 0 Å². The Bertz CT molecular complexity index is 3060. The summed E-state index contributed by atoms with van der Waals surface area (Å²) in [5.74, 6) is 4.97. The molecule has 0 saturated carbocycles. The molecule has 0 saturated heterocycles. The molecule has 1 aliphatic heterocycles. The van der Waals surface area contributed by atoms with Gasteiger partial charge in [0.2, 0.25) is 0 Å². The van der Waals surface area contributed by atoms with E-state index < -0.39 is 8.07 Å². The molecule has 1 aliphatic rings. The fraction of sp³-hybridized carbons (Fsp3) is 0.0204. The summed E-state index contributed by atoms with van der Waals surface area (Å²) in [7, 11) is -0.815. The highest BCUT2D eigenvalue weighted by Gasteiger charge is 2.48. The SMILES string of the molecule is Cn1c(-c2cccc(Oc3ccc4c5cc6c(cc5n(-c5ccccn5)c4c3)[Si](c3ccccc3)(c3ccccc3)c3ccccc3O6)c2)nc2ccccc21. The van der Waals surface area contributed by atoms with Crippen LogP contribution in [0.25, 0.3) is 50.0 Å². The number of ether oxygens (including phenoxy) is 2. The van der Waals surface area contributed by atoms with Crippen molar-refractivity contribution in [3.05, 3.63) is 188 Å². The Morgan fingerprint density at radius 3 is 2.04 bits per heavy atom. The molecule has 0 atom stereocenters. The van der Waals surface area contributed by atoms with Crippen molar-refractivity contribution in [2.45, 2.75) is 0 Å². The number of hydrogen-bond acceptors (Lipinski definition) is 4. The predicted octanol–water partition coefficient (Wildman–Crippen LogP) is 9.01. The maximum absolute atomic E-state index is 6.90. The highest BCUT2D eigenvalue weighted by Crippen LogP contribution is 2.39. The minimum atomic E-state index is -2.87. The molecule has 0 fully saturated rings. The zero-order valence-electron chi connectivity index (χ0n) is 30.5. The van der Waals surface area contributed by atoms with E-state index >= 15 is 0 Å². The third kappa shape index (κ3) is 4.88. The van der Waals surface area contributed by atoms with Gasteiger partial charge in [0.25, 0.3) is 0 Å². The highest BCUT2D eigenvalue weighted by atomic mass is 28.3. The van der Waals surface area contributed by atoms with Gasteiger partial charge in [0.15, 0.2) is 8.07 Å². The summed E-state index contributed by atoms with van der Waals surface area (Å²) in [5, 5.41) is 7.23. The Kier molecular flexibility index (Phi) is 7.30. The van der Waals surface area contributed by atoms with Crippen molar-refractivity contribution < 1.29 is 9.47 Å². The molecule has 7 heteroatoms. The Morgan fingerprint density at radius 1 is 0.536 bits per heavy atom. The molecule has 7 aromatic carbocycles. The first-order valence-electron chi connectivity index (χ1n) is 18.8. The van der Waals surface area contributed by atoms with Gasteiger partial charge in [0, 0.05) is 35.6 Å². The van der Waals surface area contributed by atoms with Gasteiger partial charge in [-0.3, -0.25) is 4.57 Å². The lowest BCUT2D eigenvalue weighted by atomic mass is 10.1. The molecule has 10 aromatic rings. The van der Waals surface area contributed by atoms with E-state index in [0.717, 1.165) is 73.0 Å². The van der Waals surface area contributed by atoms with Crippen molar-refractivity contribution in [2.24, 2.45) is 7.05 Å². The molecule has 0 radical (unpaired) electrons. The first-order chi connectivity index (χ1) is 27.7. The zero-order valence-corrected chi connectivity index (χ0v) is 31.5. The van der Waals surface area contributed by atoms with Gasteiger partial charge in [-0.2, -0.15) is 0 Å². The number of imidazole rings is 1. The maximum atomic E-state index is 6.90. The standard InChI is InChI=1S/C49H34N4O2Si/c1-52-41-22-9-8-21-40(41)51-49(52)33-15-14-16-34(29-33)54-35-26-27-38-39-31-45-47(32-43(39)53(42(38)30-35)48-25-12-13-28-50-48)56(36-17-4-2-5-18-36,37-19-6-3-7-20-37)46-24-11-10-23-44(46)55-45/h2-32H,1H3. The smallest absolute Gasteiger partial charge is 0.188 e. The Balaban J connectivity index is 1.12. The third-order valence-corrected chi connectivity index (χ3v) is 16.0. The summed E-state index contributed by atoms with van der Waals surface area (Å²) in [6.07, 6.45) is 1.85.